The largest absolute Gasteiger partial charge is 0.373 e. The highest BCUT2D eigenvalue weighted by Gasteiger charge is 2.22. The van der Waals surface area contributed by atoms with Crippen LogP contribution in [-0.2, 0) is 0 Å². The maximum atomic E-state index is 4.77. The van der Waals surface area contributed by atoms with Gasteiger partial charge < -0.3 is 9.80 Å². The molecule has 0 N–H and O–H groups in total. The molecule has 1 unspecified atom stereocenters. The molecule has 0 saturated carbocycles. The van der Waals surface area contributed by atoms with Gasteiger partial charge in [-0.2, -0.15) is 5.10 Å². The average Bonchev–Trinajstić information content (AvgIpc) is 2.93. The molecule has 0 radical (unpaired) electrons. The zero-order valence-electron chi connectivity index (χ0n) is 11.2. The minimum absolute atomic E-state index is 0.589. The molecule has 96 valence electrons. The Hall–Kier alpha value is -1.78. The minimum atomic E-state index is 0.589. The number of hydrogen-bond donors (Lipinski definition) is 0. The van der Waals surface area contributed by atoms with E-state index in [1.165, 1.54) is 12.8 Å². The van der Waals surface area contributed by atoms with E-state index >= 15 is 0 Å². The average molecular weight is 245 g/mol. The SMILES string of the molecule is CC1CCCN1c1ccn2ncc(N(C)C)c2n1. The van der Waals surface area contributed by atoms with Crippen LogP contribution in [0.4, 0.5) is 11.5 Å². The Bertz CT molecular complexity index is 560. The number of fused-ring (bicyclic) bond motifs is 1. The molecule has 1 aliphatic heterocycles. The molecule has 0 bridgehead atoms. The number of nitrogens with zero attached hydrogens (tertiary/aromatic N) is 5. The van der Waals surface area contributed by atoms with E-state index in [0.717, 1.165) is 23.7 Å². The van der Waals surface area contributed by atoms with Crippen molar-refractivity contribution in [2.45, 2.75) is 25.8 Å². The fourth-order valence-electron chi connectivity index (χ4n) is 2.60. The van der Waals surface area contributed by atoms with Crippen molar-refractivity contribution in [1.82, 2.24) is 14.6 Å². The monoisotopic (exact) mass is 245 g/mol. The van der Waals surface area contributed by atoms with Gasteiger partial charge in [0.1, 0.15) is 11.5 Å². The van der Waals surface area contributed by atoms with Gasteiger partial charge in [0.2, 0.25) is 0 Å². The van der Waals surface area contributed by atoms with Gasteiger partial charge in [-0.15, -0.1) is 0 Å². The lowest BCUT2D eigenvalue weighted by Gasteiger charge is -2.22. The van der Waals surface area contributed by atoms with E-state index in [1.54, 1.807) is 0 Å². The number of hydrogen-bond acceptors (Lipinski definition) is 4. The number of aromatic nitrogens is 3. The van der Waals surface area contributed by atoms with Crippen LogP contribution in [0.3, 0.4) is 0 Å². The molecule has 5 nitrogen and oxygen atoms in total. The summed E-state index contributed by atoms with van der Waals surface area (Å²) in [5.41, 5.74) is 1.99. The Morgan fingerprint density at radius 2 is 2.22 bits per heavy atom. The topological polar surface area (TPSA) is 36.7 Å². The van der Waals surface area contributed by atoms with Crippen molar-refractivity contribution >= 4 is 17.2 Å². The third-order valence-corrected chi connectivity index (χ3v) is 3.66. The molecule has 0 aromatic carbocycles. The molecule has 5 heteroatoms. The van der Waals surface area contributed by atoms with Gasteiger partial charge in [-0.1, -0.05) is 0 Å². The third-order valence-electron chi connectivity index (χ3n) is 3.66. The van der Waals surface area contributed by atoms with E-state index in [9.17, 15) is 0 Å². The molecule has 0 aliphatic carbocycles. The van der Waals surface area contributed by atoms with Crippen LogP contribution in [0.1, 0.15) is 19.8 Å². The summed E-state index contributed by atoms with van der Waals surface area (Å²) in [5, 5.41) is 4.32. The molecule has 1 fully saturated rings. The van der Waals surface area contributed by atoms with E-state index in [1.807, 2.05) is 35.9 Å². The molecular weight excluding hydrogens is 226 g/mol. The normalized spacial score (nSPS) is 19.7. The van der Waals surface area contributed by atoms with E-state index in [4.69, 9.17) is 4.98 Å². The van der Waals surface area contributed by atoms with Crippen LogP contribution in [0.2, 0.25) is 0 Å². The molecular formula is C13H19N5. The number of rotatable bonds is 2. The van der Waals surface area contributed by atoms with Crippen LogP contribution < -0.4 is 9.80 Å². The second kappa shape index (κ2) is 4.15. The third kappa shape index (κ3) is 1.70. The van der Waals surface area contributed by atoms with Crippen LogP contribution in [0.25, 0.3) is 5.65 Å². The smallest absolute Gasteiger partial charge is 0.180 e. The first-order valence-electron chi connectivity index (χ1n) is 6.45. The number of anilines is 2. The molecule has 3 rings (SSSR count). The van der Waals surface area contributed by atoms with E-state index in [0.29, 0.717) is 6.04 Å². The van der Waals surface area contributed by atoms with Crippen molar-refractivity contribution in [2.75, 3.05) is 30.4 Å². The van der Waals surface area contributed by atoms with Crippen molar-refractivity contribution in [1.29, 1.82) is 0 Å². The van der Waals surface area contributed by atoms with E-state index in [2.05, 4.69) is 23.0 Å². The summed E-state index contributed by atoms with van der Waals surface area (Å²) in [5.74, 6) is 1.07. The zero-order valence-corrected chi connectivity index (χ0v) is 11.2. The van der Waals surface area contributed by atoms with Gasteiger partial charge in [-0.3, -0.25) is 0 Å². The van der Waals surface area contributed by atoms with Gasteiger partial charge >= 0.3 is 0 Å². The van der Waals surface area contributed by atoms with Gasteiger partial charge in [0.25, 0.3) is 0 Å². The second-order valence-electron chi connectivity index (χ2n) is 5.16. The molecule has 1 saturated heterocycles. The van der Waals surface area contributed by atoms with Crippen molar-refractivity contribution in [3.05, 3.63) is 18.5 Å². The summed E-state index contributed by atoms with van der Waals surface area (Å²) in [6.45, 7) is 3.37. The van der Waals surface area contributed by atoms with Crippen molar-refractivity contribution in [2.24, 2.45) is 0 Å². The molecule has 0 amide bonds. The second-order valence-corrected chi connectivity index (χ2v) is 5.16. The molecule has 2 aromatic heterocycles. The molecule has 0 spiro atoms. The molecule has 1 atom stereocenters. The maximum Gasteiger partial charge on any atom is 0.180 e. The first-order valence-corrected chi connectivity index (χ1v) is 6.45. The van der Waals surface area contributed by atoms with Crippen LogP contribution in [0.15, 0.2) is 18.5 Å². The van der Waals surface area contributed by atoms with Gasteiger partial charge in [0.15, 0.2) is 5.65 Å². The first-order chi connectivity index (χ1) is 8.66. The van der Waals surface area contributed by atoms with Crippen LogP contribution in [0.5, 0.6) is 0 Å². The Balaban J connectivity index is 2.06. The Kier molecular flexibility index (Phi) is 2.61. The van der Waals surface area contributed by atoms with Gasteiger partial charge in [0.05, 0.1) is 6.20 Å². The Morgan fingerprint density at radius 1 is 1.39 bits per heavy atom. The summed E-state index contributed by atoms with van der Waals surface area (Å²) in [7, 11) is 4.04. The lowest BCUT2D eigenvalue weighted by molar-refractivity contribution is 0.726. The highest BCUT2D eigenvalue weighted by Crippen LogP contribution is 2.25. The summed E-state index contributed by atoms with van der Waals surface area (Å²) in [6, 6.07) is 2.65. The van der Waals surface area contributed by atoms with Crippen molar-refractivity contribution in [3.63, 3.8) is 0 Å². The van der Waals surface area contributed by atoms with Crippen LogP contribution in [-0.4, -0.2) is 41.3 Å². The maximum absolute atomic E-state index is 4.77. The van der Waals surface area contributed by atoms with Gasteiger partial charge in [-0.25, -0.2) is 9.50 Å². The molecule has 2 aromatic rings. The summed E-state index contributed by atoms with van der Waals surface area (Å²) < 4.78 is 1.83. The Labute approximate surface area is 107 Å². The predicted octanol–water partition coefficient (Wildman–Crippen LogP) is 1.78. The zero-order chi connectivity index (χ0) is 12.7. The lowest BCUT2D eigenvalue weighted by Crippen LogP contribution is -2.27. The Morgan fingerprint density at radius 3 is 2.89 bits per heavy atom. The quantitative estimate of drug-likeness (QED) is 0.808. The molecule has 18 heavy (non-hydrogen) atoms. The first kappa shape index (κ1) is 11.3. The van der Waals surface area contributed by atoms with Gasteiger partial charge in [0, 0.05) is 32.9 Å². The highest BCUT2D eigenvalue weighted by molar-refractivity contribution is 5.69. The van der Waals surface area contributed by atoms with Crippen LogP contribution >= 0.6 is 0 Å². The molecule has 1 aliphatic rings. The fourth-order valence-corrected chi connectivity index (χ4v) is 2.60. The van der Waals surface area contributed by atoms with Gasteiger partial charge in [-0.05, 0) is 25.8 Å². The lowest BCUT2D eigenvalue weighted by atomic mass is 10.2. The predicted molar refractivity (Wildman–Crippen MR) is 73.4 cm³/mol. The summed E-state index contributed by atoms with van der Waals surface area (Å²) in [6.07, 6.45) is 6.37. The van der Waals surface area contributed by atoms with E-state index in [-0.39, 0.29) is 0 Å². The highest BCUT2D eigenvalue weighted by atomic mass is 15.3. The van der Waals surface area contributed by atoms with Crippen molar-refractivity contribution < 1.29 is 0 Å². The van der Waals surface area contributed by atoms with Crippen LogP contribution in [0, 0.1) is 0 Å². The van der Waals surface area contributed by atoms with Crippen molar-refractivity contribution in [3.8, 4) is 0 Å². The summed E-state index contributed by atoms with van der Waals surface area (Å²) >= 11 is 0. The van der Waals surface area contributed by atoms with E-state index < -0.39 is 0 Å². The minimum Gasteiger partial charge on any atom is -0.373 e. The molecule has 3 heterocycles. The summed E-state index contributed by atoms with van der Waals surface area (Å²) in [4.78, 5) is 9.20. The fraction of sp³-hybridized carbons (Fsp3) is 0.538. The standard InChI is InChI=1S/C13H19N5/c1-10-5-4-7-17(10)12-6-8-18-13(15-12)11(9-14-18)16(2)3/h6,8-10H,4-5,7H2,1-3H3.